The summed E-state index contributed by atoms with van der Waals surface area (Å²) in [5.41, 5.74) is 0. The number of hydrogen-bond donors (Lipinski definition) is 0. The minimum atomic E-state index is -0.216. The predicted molar refractivity (Wildman–Crippen MR) is 58.1 cm³/mol. The van der Waals surface area contributed by atoms with Crippen LogP contribution < -0.4 is 0 Å². The highest BCUT2D eigenvalue weighted by Gasteiger charge is 1.97. The Hall–Kier alpha value is -0.343. The Balaban J connectivity index is 3.17. The lowest BCUT2D eigenvalue weighted by Gasteiger charge is -2.06. The number of rotatable bonds is 8. The molecule has 0 unspecified atom stereocenters. The molecule has 0 aromatic carbocycles. The molecule has 1 nitrogen and oxygen atoms in total. The van der Waals surface area contributed by atoms with E-state index in [-0.39, 0.29) is 9.76 Å². The quantitative estimate of drug-likeness (QED) is 0.319. The highest BCUT2D eigenvalue weighted by atomic mass is 28.2. The molecule has 0 aromatic heterocycles. The summed E-state index contributed by atoms with van der Waals surface area (Å²) >= 11 is 0. The molecule has 0 aromatic rings. The predicted octanol–water partition coefficient (Wildman–Crippen LogP) is 2.29. The second kappa shape index (κ2) is 8.75. The van der Waals surface area contributed by atoms with Crippen LogP contribution in [0.2, 0.25) is 6.04 Å². The van der Waals surface area contributed by atoms with Crippen LogP contribution in [0, 0.1) is 5.92 Å². The third kappa shape index (κ3) is 6.37. The van der Waals surface area contributed by atoms with Gasteiger partial charge in [0.1, 0.15) is 0 Å². The van der Waals surface area contributed by atoms with E-state index in [0.29, 0.717) is 5.92 Å². The highest BCUT2D eigenvalue weighted by molar-refractivity contribution is 6.26. The fraction of sp³-hybridized carbons (Fsp3) is 0.600. The molecule has 0 radical (unpaired) electrons. The second-order valence-corrected chi connectivity index (χ2v) is 4.41. The zero-order valence-corrected chi connectivity index (χ0v) is 9.50. The fourth-order valence-electron chi connectivity index (χ4n) is 0.900. The largest absolute Gasteiger partial charge is 0.424 e. The number of hydrogen-bond acceptors (Lipinski definition) is 1. The fourth-order valence-corrected chi connectivity index (χ4v) is 1.76. The average molecular weight is 184 g/mol. The standard InChI is InChI=1S/C10H20OSi/c1-4-9-12-11-8-7-10(5-2)6-3/h5-6,10H,2-4,7-9,12H2,1H3. The van der Waals surface area contributed by atoms with Gasteiger partial charge in [-0.25, -0.2) is 0 Å². The Morgan fingerprint density at radius 3 is 2.58 bits per heavy atom. The van der Waals surface area contributed by atoms with Crippen molar-refractivity contribution in [1.82, 2.24) is 0 Å². The van der Waals surface area contributed by atoms with Gasteiger partial charge in [-0.05, 0) is 18.4 Å². The summed E-state index contributed by atoms with van der Waals surface area (Å²) in [5, 5.41) is 0. The van der Waals surface area contributed by atoms with E-state index < -0.39 is 0 Å². The molecule has 2 heteroatoms. The molecule has 0 heterocycles. The van der Waals surface area contributed by atoms with Gasteiger partial charge in [-0.15, -0.1) is 13.2 Å². The normalized spacial score (nSPS) is 11.2. The van der Waals surface area contributed by atoms with Crippen LogP contribution in [0.3, 0.4) is 0 Å². The maximum atomic E-state index is 5.55. The van der Waals surface area contributed by atoms with E-state index in [0.717, 1.165) is 13.0 Å². The van der Waals surface area contributed by atoms with E-state index >= 15 is 0 Å². The lowest BCUT2D eigenvalue weighted by atomic mass is 10.1. The molecule has 0 aliphatic rings. The van der Waals surface area contributed by atoms with Crippen LogP contribution in [0.5, 0.6) is 0 Å². The molecule has 0 bridgehead atoms. The molecule has 0 N–H and O–H groups in total. The topological polar surface area (TPSA) is 9.23 Å². The van der Waals surface area contributed by atoms with Crippen molar-refractivity contribution < 1.29 is 4.43 Å². The summed E-state index contributed by atoms with van der Waals surface area (Å²) < 4.78 is 5.55. The summed E-state index contributed by atoms with van der Waals surface area (Å²) in [5.74, 6) is 0.431. The molecule has 0 rings (SSSR count). The third-order valence-electron chi connectivity index (χ3n) is 1.84. The van der Waals surface area contributed by atoms with Crippen molar-refractivity contribution >= 4 is 9.76 Å². The van der Waals surface area contributed by atoms with E-state index in [2.05, 4.69) is 20.1 Å². The Labute approximate surface area is 78.5 Å². The Kier molecular flexibility index (Phi) is 8.50. The van der Waals surface area contributed by atoms with Gasteiger partial charge in [0.05, 0.1) is 0 Å². The monoisotopic (exact) mass is 184 g/mol. The van der Waals surface area contributed by atoms with E-state index in [4.69, 9.17) is 4.43 Å². The molecule has 0 saturated carbocycles. The zero-order chi connectivity index (χ0) is 9.23. The summed E-state index contributed by atoms with van der Waals surface area (Å²) in [7, 11) is -0.216. The van der Waals surface area contributed by atoms with Gasteiger partial charge in [-0.2, -0.15) is 0 Å². The van der Waals surface area contributed by atoms with Crippen molar-refractivity contribution in [3.05, 3.63) is 25.3 Å². The van der Waals surface area contributed by atoms with Crippen LogP contribution in [0.1, 0.15) is 19.8 Å². The Morgan fingerprint density at radius 1 is 1.42 bits per heavy atom. The van der Waals surface area contributed by atoms with Gasteiger partial charge in [-0.3, -0.25) is 0 Å². The van der Waals surface area contributed by atoms with E-state index in [1.165, 1.54) is 12.5 Å². The van der Waals surface area contributed by atoms with Gasteiger partial charge >= 0.3 is 0 Å². The first-order chi connectivity index (χ1) is 5.85. The highest BCUT2D eigenvalue weighted by Crippen LogP contribution is 2.04. The number of allylic oxidation sites excluding steroid dienone is 2. The smallest absolute Gasteiger partial charge is 0.161 e. The molecule has 0 amide bonds. The SMILES string of the molecule is C=CC(C=C)CCO[SiH2]CCC. The summed E-state index contributed by atoms with van der Waals surface area (Å²) in [4.78, 5) is 0. The van der Waals surface area contributed by atoms with Crippen LogP contribution in [-0.2, 0) is 4.43 Å². The maximum Gasteiger partial charge on any atom is 0.161 e. The molecule has 0 saturated heterocycles. The lowest BCUT2D eigenvalue weighted by Crippen LogP contribution is -2.03. The third-order valence-corrected chi connectivity index (χ3v) is 3.42. The average Bonchev–Trinajstić information content (AvgIpc) is 2.11. The van der Waals surface area contributed by atoms with Crippen molar-refractivity contribution in [1.29, 1.82) is 0 Å². The van der Waals surface area contributed by atoms with Crippen molar-refractivity contribution in [3.63, 3.8) is 0 Å². The van der Waals surface area contributed by atoms with Gasteiger partial charge in [0.15, 0.2) is 9.76 Å². The Bertz CT molecular complexity index is 115. The molecular formula is C10H20OSi. The summed E-state index contributed by atoms with van der Waals surface area (Å²) in [6.45, 7) is 10.5. The second-order valence-electron chi connectivity index (χ2n) is 2.89. The summed E-state index contributed by atoms with van der Waals surface area (Å²) in [6.07, 6.45) is 6.16. The summed E-state index contributed by atoms with van der Waals surface area (Å²) in [6, 6.07) is 1.30. The minimum absolute atomic E-state index is 0.216. The van der Waals surface area contributed by atoms with Crippen molar-refractivity contribution in [2.45, 2.75) is 25.8 Å². The van der Waals surface area contributed by atoms with E-state index in [9.17, 15) is 0 Å². The first-order valence-corrected chi connectivity index (χ1v) is 6.25. The van der Waals surface area contributed by atoms with E-state index in [1.54, 1.807) is 0 Å². The van der Waals surface area contributed by atoms with Crippen LogP contribution in [0.4, 0.5) is 0 Å². The maximum absolute atomic E-state index is 5.55. The Morgan fingerprint density at radius 2 is 2.08 bits per heavy atom. The van der Waals surface area contributed by atoms with Gasteiger partial charge in [-0.1, -0.05) is 25.5 Å². The van der Waals surface area contributed by atoms with Crippen molar-refractivity contribution in [2.75, 3.05) is 6.61 Å². The molecule has 0 aliphatic heterocycles. The molecular weight excluding hydrogens is 164 g/mol. The van der Waals surface area contributed by atoms with E-state index in [1.807, 2.05) is 12.2 Å². The van der Waals surface area contributed by atoms with Crippen LogP contribution in [-0.4, -0.2) is 16.4 Å². The molecule has 0 spiro atoms. The van der Waals surface area contributed by atoms with Crippen molar-refractivity contribution in [2.24, 2.45) is 5.92 Å². The first-order valence-electron chi connectivity index (χ1n) is 4.68. The van der Waals surface area contributed by atoms with Gasteiger partial charge in [0.2, 0.25) is 0 Å². The molecule has 0 aliphatic carbocycles. The van der Waals surface area contributed by atoms with Crippen LogP contribution in [0.25, 0.3) is 0 Å². The van der Waals surface area contributed by atoms with Gasteiger partial charge in [0, 0.05) is 6.61 Å². The van der Waals surface area contributed by atoms with Gasteiger partial charge < -0.3 is 4.43 Å². The molecule has 12 heavy (non-hydrogen) atoms. The first kappa shape index (κ1) is 11.7. The van der Waals surface area contributed by atoms with Crippen LogP contribution in [0.15, 0.2) is 25.3 Å². The minimum Gasteiger partial charge on any atom is -0.424 e. The lowest BCUT2D eigenvalue weighted by molar-refractivity contribution is 0.316. The van der Waals surface area contributed by atoms with Crippen LogP contribution >= 0.6 is 0 Å². The zero-order valence-electron chi connectivity index (χ0n) is 8.09. The molecule has 0 fully saturated rings. The van der Waals surface area contributed by atoms with Gasteiger partial charge in [0.25, 0.3) is 0 Å². The van der Waals surface area contributed by atoms with Crippen molar-refractivity contribution in [3.8, 4) is 0 Å². The molecule has 0 atom stereocenters. The molecule has 70 valence electrons.